The molecule has 1 amide bonds. The molecule has 1 aromatic carbocycles. The summed E-state index contributed by atoms with van der Waals surface area (Å²) in [6, 6.07) is 6.12. The fraction of sp³-hybridized carbons (Fsp3) is 0.533. The number of benzene rings is 1. The number of carbonyl (C=O) groups excluding carboxylic acids is 1. The van der Waals surface area contributed by atoms with Gasteiger partial charge in [0.15, 0.2) is 0 Å². The van der Waals surface area contributed by atoms with E-state index in [1.54, 1.807) is 17.0 Å². The van der Waals surface area contributed by atoms with Crippen LogP contribution in [0, 0.1) is 11.7 Å². The highest BCUT2D eigenvalue weighted by atomic mass is 19.1. The third-order valence-electron chi connectivity index (χ3n) is 3.62. The van der Waals surface area contributed by atoms with Crippen LogP contribution in [0.2, 0.25) is 0 Å². The van der Waals surface area contributed by atoms with Crippen molar-refractivity contribution < 1.29 is 9.18 Å². The van der Waals surface area contributed by atoms with E-state index in [0.29, 0.717) is 18.9 Å². The van der Waals surface area contributed by atoms with E-state index in [-0.39, 0.29) is 11.7 Å². The maximum absolute atomic E-state index is 12.9. The van der Waals surface area contributed by atoms with Crippen LogP contribution >= 0.6 is 0 Å². The van der Waals surface area contributed by atoms with E-state index >= 15 is 0 Å². The molecular formula is C15H21FN2O. The summed E-state index contributed by atoms with van der Waals surface area (Å²) in [6.07, 6.45) is 2.82. The van der Waals surface area contributed by atoms with Gasteiger partial charge in [0.1, 0.15) is 5.82 Å². The first-order valence-electron chi connectivity index (χ1n) is 6.97. The van der Waals surface area contributed by atoms with Crippen molar-refractivity contribution >= 4 is 11.6 Å². The van der Waals surface area contributed by atoms with Crippen LogP contribution in [0.1, 0.15) is 26.2 Å². The molecule has 3 nitrogen and oxygen atoms in total. The number of halogens is 1. The number of carbonyl (C=O) groups is 1. The number of hydrogen-bond donors (Lipinski definition) is 1. The molecule has 1 unspecified atom stereocenters. The Bertz CT molecular complexity index is 413. The minimum absolute atomic E-state index is 0.128. The molecule has 1 aliphatic heterocycles. The molecule has 1 saturated heterocycles. The molecule has 0 aromatic heterocycles. The van der Waals surface area contributed by atoms with Gasteiger partial charge in [-0.05, 0) is 63.0 Å². The highest BCUT2D eigenvalue weighted by Crippen LogP contribution is 2.20. The molecule has 1 fully saturated rings. The minimum Gasteiger partial charge on any atom is -0.316 e. The molecule has 19 heavy (non-hydrogen) atoms. The normalized spacial score (nSPS) is 19.2. The van der Waals surface area contributed by atoms with Crippen LogP contribution in [0.5, 0.6) is 0 Å². The largest absolute Gasteiger partial charge is 0.316 e. The van der Waals surface area contributed by atoms with Crippen molar-refractivity contribution in [3.8, 4) is 0 Å². The zero-order valence-electron chi connectivity index (χ0n) is 11.4. The lowest BCUT2D eigenvalue weighted by Gasteiger charge is -2.26. The van der Waals surface area contributed by atoms with Gasteiger partial charge >= 0.3 is 0 Å². The highest BCUT2D eigenvalue weighted by molar-refractivity contribution is 5.93. The van der Waals surface area contributed by atoms with Gasteiger partial charge in [-0.2, -0.15) is 0 Å². The first kappa shape index (κ1) is 14.0. The number of piperidine rings is 1. The fourth-order valence-corrected chi connectivity index (χ4v) is 2.58. The molecule has 0 radical (unpaired) electrons. The summed E-state index contributed by atoms with van der Waals surface area (Å²) in [4.78, 5) is 14.1. The van der Waals surface area contributed by atoms with Gasteiger partial charge in [0.05, 0.1) is 0 Å². The topological polar surface area (TPSA) is 32.3 Å². The minimum atomic E-state index is -0.274. The van der Waals surface area contributed by atoms with E-state index in [1.807, 2.05) is 6.92 Å². The second kappa shape index (κ2) is 6.66. The average Bonchev–Trinajstić information content (AvgIpc) is 2.43. The van der Waals surface area contributed by atoms with E-state index in [9.17, 15) is 9.18 Å². The predicted octanol–water partition coefficient (Wildman–Crippen LogP) is 2.57. The molecule has 4 heteroatoms. The van der Waals surface area contributed by atoms with Crippen LogP contribution in [0.4, 0.5) is 10.1 Å². The number of nitrogens with zero attached hydrogens (tertiary/aromatic N) is 1. The van der Waals surface area contributed by atoms with Crippen LogP contribution in [0.25, 0.3) is 0 Å². The van der Waals surface area contributed by atoms with Crippen LogP contribution in [-0.4, -0.2) is 25.5 Å². The number of nitrogens with one attached hydrogen (secondary N) is 1. The molecule has 0 bridgehead atoms. The van der Waals surface area contributed by atoms with Gasteiger partial charge in [0, 0.05) is 18.7 Å². The molecule has 0 spiro atoms. The van der Waals surface area contributed by atoms with Crippen molar-refractivity contribution in [1.82, 2.24) is 5.32 Å². The van der Waals surface area contributed by atoms with Gasteiger partial charge in [0.2, 0.25) is 5.91 Å². The Labute approximate surface area is 113 Å². The molecule has 1 N–H and O–H groups in total. The summed E-state index contributed by atoms with van der Waals surface area (Å²) in [5.74, 6) is 0.280. The number of hydrogen-bond acceptors (Lipinski definition) is 2. The van der Waals surface area contributed by atoms with Gasteiger partial charge < -0.3 is 10.2 Å². The smallest absolute Gasteiger partial charge is 0.227 e. The lowest BCUT2D eigenvalue weighted by molar-refractivity contribution is -0.119. The monoisotopic (exact) mass is 264 g/mol. The first-order chi connectivity index (χ1) is 9.20. The predicted molar refractivity (Wildman–Crippen MR) is 74.6 cm³/mol. The Morgan fingerprint density at radius 1 is 1.42 bits per heavy atom. The number of rotatable bonds is 4. The summed E-state index contributed by atoms with van der Waals surface area (Å²) in [5, 5.41) is 3.32. The summed E-state index contributed by atoms with van der Waals surface area (Å²) in [5.41, 5.74) is 0.776. The second-order valence-electron chi connectivity index (χ2n) is 5.03. The molecule has 1 aromatic rings. The van der Waals surface area contributed by atoms with E-state index in [1.165, 1.54) is 12.1 Å². The fourth-order valence-electron chi connectivity index (χ4n) is 2.58. The van der Waals surface area contributed by atoms with Gasteiger partial charge in [-0.15, -0.1) is 0 Å². The van der Waals surface area contributed by atoms with E-state index in [2.05, 4.69) is 5.32 Å². The van der Waals surface area contributed by atoms with Crippen molar-refractivity contribution in [2.24, 2.45) is 5.92 Å². The summed E-state index contributed by atoms with van der Waals surface area (Å²) in [7, 11) is 0. The van der Waals surface area contributed by atoms with Gasteiger partial charge in [-0.3, -0.25) is 4.79 Å². The molecule has 1 aliphatic rings. The van der Waals surface area contributed by atoms with Crippen LogP contribution < -0.4 is 10.2 Å². The number of anilines is 1. The van der Waals surface area contributed by atoms with Gasteiger partial charge in [0.25, 0.3) is 0 Å². The lowest BCUT2D eigenvalue weighted by atomic mass is 9.95. The van der Waals surface area contributed by atoms with Crippen molar-refractivity contribution in [1.29, 1.82) is 0 Å². The van der Waals surface area contributed by atoms with Gasteiger partial charge in [-0.1, -0.05) is 0 Å². The third-order valence-corrected chi connectivity index (χ3v) is 3.62. The van der Waals surface area contributed by atoms with Crippen LogP contribution in [-0.2, 0) is 4.79 Å². The lowest BCUT2D eigenvalue weighted by Crippen LogP contribution is -2.36. The highest BCUT2D eigenvalue weighted by Gasteiger charge is 2.21. The van der Waals surface area contributed by atoms with Crippen molar-refractivity contribution in [3.63, 3.8) is 0 Å². The van der Waals surface area contributed by atoms with Crippen molar-refractivity contribution in [2.45, 2.75) is 26.2 Å². The Balaban J connectivity index is 2.00. The zero-order valence-corrected chi connectivity index (χ0v) is 11.4. The van der Waals surface area contributed by atoms with E-state index < -0.39 is 0 Å². The SMILES string of the molecule is CCN(C(=O)CC1CCCNC1)c1ccc(F)cc1. The Kier molecular flexibility index (Phi) is 4.91. The van der Waals surface area contributed by atoms with Crippen molar-refractivity contribution in [3.05, 3.63) is 30.1 Å². The number of amides is 1. The summed E-state index contributed by atoms with van der Waals surface area (Å²) in [6.45, 7) is 4.54. The third kappa shape index (κ3) is 3.77. The standard InChI is InChI=1S/C15H21FN2O/c1-2-18(14-7-5-13(16)6-8-14)15(19)10-12-4-3-9-17-11-12/h5-8,12,17H,2-4,9-11H2,1H3. The quantitative estimate of drug-likeness (QED) is 0.906. The van der Waals surface area contributed by atoms with Crippen molar-refractivity contribution in [2.75, 3.05) is 24.5 Å². The van der Waals surface area contributed by atoms with Crippen LogP contribution in [0.3, 0.4) is 0 Å². The first-order valence-corrected chi connectivity index (χ1v) is 6.97. The van der Waals surface area contributed by atoms with E-state index in [4.69, 9.17) is 0 Å². The maximum Gasteiger partial charge on any atom is 0.227 e. The molecule has 1 heterocycles. The Morgan fingerprint density at radius 2 is 2.16 bits per heavy atom. The summed E-state index contributed by atoms with van der Waals surface area (Å²) < 4.78 is 12.9. The van der Waals surface area contributed by atoms with E-state index in [0.717, 1.165) is 31.6 Å². The maximum atomic E-state index is 12.9. The summed E-state index contributed by atoms with van der Waals surface area (Å²) >= 11 is 0. The molecular weight excluding hydrogens is 243 g/mol. The zero-order chi connectivity index (χ0) is 13.7. The van der Waals surface area contributed by atoms with Gasteiger partial charge in [-0.25, -0.2) is 4.39 Å². The second-order valence-corrected chi connectivity index (χ2v) is 5.03. The molecule has 0 saturated carbocycles. The molecule has 0 aliphatic carbocycles. The van der Waals surface area contributed by atoms with Crippen LogP contribution in [0.15, 0.2) is 24.3 Å². The molecule has 1 atom stereocenters. The Morgan fingerprint density at radius 3 is 2.74 bits per heavy atom. The molecule has 104 valence electrons. The average molecular weight is 264 g/mol. The molecule has 2 rings (SSSR count). The Hall–Kier alpha value is -1.42.